The first-order valence-electron chi connectivity index (χ1n) is 5.97. The van der Waals surface area contributed by atoms with Gasteiger partial charge >= 0.3 is 0 Å². The first kappa shape index (κ1) is 15.5. The third-order valence-corrected chi connectivity index (χ3v) is 4.58. The number of halogens is 3. The summed E-state index contributed by atoms with van der Waals surface area (Å²) in [4.78, 5) is 0. The van der Waals surface area contributed by atoms with Crippen molar-refractivity contribution >= 4 is 34.2 Å². The van der Waals surface area contributed by atoms with Crippen molar-refractivity contribution in [3.8, 4) is 5.75 Å². The highest BCUT2D eigenvalue weighted by Gasteiger charge is 2.15. The van der Waals surface area contributed by atoms with Crippen molar-refractivity contribution in [1.29, 1.82) is 0 Å². The quantitative estimate of drug-likeness (QED) is 0.764. The van der Waals surface area contributed by atoms with E-state index in [0.717, 1.165) is 3.57 Å². The molecule has 0 bridgehead atoms. The van der Waals surface area contributed by atoms with Crippen LogP contribution in [0.4, 0.5) is 4.39 Å². The van der Waals surface area contributed by atoms with Crippen LogP contribution >= 0.6 is 34.2 Å². The fourth-order valence-corrected chi connectivity index (χ4v) is 2.44. The average molecular weight is 407 g/mol. The Hall–Kier alpha value is -0.850. The highest BCUT2D eigenvalue weighted by molar-refractivity contribution is 14.1. The first-order chi connectivity index (χ1) is 9.52. The Bertz CT molecular complexity index is 619. The molecule has 2 nitrogen and oxygen atoms in total. The van der Waals surface area contributed by atoms with E-state index in [1.165, 1.54) is 7.11 Å². The van der Waals surface area contributed by atoms with E-state index in [0.29, 0.717) is 16.1 Å². The third-order valence-electron chi connectivity index (χ3n) is 3.00. The fraction of sp³-hybridized carbons (Fsp3) is 0.200. The molecule has 0 heterocycles. The van der Waals surface area contributed by atoms with Gasteiger partial charge in [-0.1, -0.05) is 29.8 Å². The van der Waals surface area contributed by atoms with Crippen LogP contribution < -0.4 is 4.74 Å². The van der Waals surface area contributed by atoms with Gasteiger partial charge in [0.05, 0.1) is 18.2 Å². The van der Waals surface area contributed by atoms with Crippen LogP contribution in [0.3, 0.4) is 0 Å². The van der Waals surface area contributed by atoms with Crippen LogP contribution in [-0.4, -0.2) is 12.2 Å². The van der Waals surface area contributed by atoms with Gasteiger partial charge in [0.25, 0.3) is 0 Å². The van der Waals surface area contributed by atoms with Gasteiger partial charge in [-0.15, -0.1) is 0 Å². The highest BCUT2D eigenvalue weighted by atomic mass is 127. The predicted octanol–water partition coefficient (Wildman–Crippen LogP) is 4.37. The number of hydrogen-bond acceptors (Lipinski definition) is 2. The summed E-state index contributed by atoms with van der Waals surface area (Å²) in [5.41, 5.74) is 1.07. The van der Waals surface area contributed by atoms with E-state index in [2.05, 4.69) is 22.6 Å². The minimum atomic E-state index is -0.814. The monoisotopic (exact) mass is 406 g/mol. The standard InChI is InChI=1S/C15H13ClFIO2/c1-20-14-4-2-3-10(15(14)17)8-13(19)9-5-6-12(18)11(16)7-9/h2-7,13,19H,8H2,1H3. The molecular weight excluding hydrogens is 394 g/mol. The Balaban J connectivity index is 2.23. The van der Waals surface area contributed by atoms with Crippen LogP contribution in [0.15, 0.2) is 36.4 Å². The predicted molar refractivity (Wildman–Crippen MR) is 85.8 cm³/mol. The maximum absolute atomic E-state index is 14.0. The van der Waals surface area contributed by atoms with Crippen molar-refractivity contribution in [2.75, 3.05) is 7.11 Å². The second-order valence-corrected chi connectivity index (χ2v) is 5.90. The smallest absolute Gasteiger partial charge is 0.168 e. The molecule has 5 heteroatoms. The zero-order valence-electron chi connectivity index (χ0n) is 10.7. The summed E-state index contributed by atoms with van der Waals surface area (Å²) >= 11 is 8.14. The van der Waals surface area contributed by atoms with Crippen LogP contribution in [0.1, 0.15) is 17.2 Å². The molecule has 0 saturated heterocycles. The molecular formula is C15H13ClFIO2. The lowest BCUT2D eigenvalue weighted by Gasteiger charge is -2.13. The number of rotatable bonds is 4. The molecule has 0 aliphatic heterocycles. The molecule has 1 atom stereocenters. The molecule has 0 saturated carbocycles. The summed E-state index contributed by atoms with van der Waals surface area (Å²) in [6.07, 6.45) is -0.647. The molecule has 20 heavy (non-hydrogen) atoms. The van der Waals surface area contributed by atoms with E-state index in [4.69, 9.17) is 16.3 Å². The number of benzene rings is 2. The van der Waals surface area contributed by atoms with Gasteiger partial charge in [-0.3, -0.25) is 0 Å². The molecule has 0 aromatic heterocycles. The Labute approximate surface area is 135 Å². The number of methoxy groups -OCH3 is 1. The summed E-state index contributed by atoms with van der Waals surface area (Å²) in [5.74, 6) is -0.263. The zero-order valence-corrected chi connectivity index (χ0v) is 13.7. The number of ether oxygens (including phenoxy) is 1. The van der Waals surface area contributed by atoms with Crippen molar-refractivity contribution < 1.29 is 14.2 Å². The molecule has 0 amide bonds. The lowest BCUT2D eigenvalue weighted by molar-refractivity contribution is 0.177. The summed E-state index contributed by atoms with van der Waals surface area (Å²) in [6, 6.07) is 10.2. The van der Waals surface area contributed by atoms with Gasteiger partial charge in [0, 0.05) is 9.99 Å². The van der Waals surface area contributed by atoms with E-state index in [1.54, 1.807) is 30.3 Å². The SMILES string of the molecule is COc1cccc(CC(O)c2ccc(I)c(Cl)c2)c1F. The molecule has 2 aromatic rings. The molecule has 0 aliphatic rings. The third kappa shape index (κ3) is 3.42. The second-order valence-electron chi connectivity index (χ2n) is 4.33. The van der Waals surface area contributed by atoms with Crippen molar-refractivity contribution in [3.05, 3.63) is 61.9 Å². The number of hydrogen-bond donors (Lipinski definition) is 1. The van der Waals surface area contributed by atoms with Gasteiger partial charge < -0.3 is 9.84 Å². The van der Waals surface area contributed by atoms with Gasteiger partial charge in [0.15, 0.2) is 11.6 Å². The fourth-order valence-electron chi connectivity index (χ4n) is 1.92. The maximum Gasteiger partial charge on any atom is 0.168 e. The van der Waals surface area contributed by atoms with Crippen molar-refractivity contribution in [3.63, 3.8) is 0 Å². The first-order valence-corrected chi connectivity index (χ1v) is 7.43. The maximum atomic E-state index is 14.0. The van der Waals surface area contributed by atoms with Gasteiger partial charge in [-0.25, -0.2) is 4.39 Å². The van der Waals surface area contributed by atoms with Gasteiger partial charge in [-0.05, 0) is 51.9 Å². The molecule has 2 aromatic carbocycles. The topological polar surface area (TPSA) is 29.5 Å². The highest BCUT2D eigenvalue weighted by Crippen LogP contribution is 2.28. The summed E-state index contributed by atoms with van der Waals surface area (Å²) in [7, 11) is 1.41. The van der Waals surface area contributed by atoms with Crippen LogP contribution in [-0.2, 0) is 6.42 Å². The van der Waals surface area contributed by atoms with Gasteiger partial charge in [0.1, 0.15) is 0 Å². The van der Waals surface area contributed by atoms with Crippen LogP contribution in [0, 0.1) is 9.39 Å². The number of aliphatic hydroxyl groups is 1. The van der Waals surface area contributed by atoms with Crippen molar-refractivity contribution in [2.45, 2.75) is 12.5 Å². The molecule has 0 spiro atoms. The van der Waals surface area contributed by atoms with E-state index in [-0.39, 0.29) is 12.2 Å². The molecule has 0 radical (unpaired) electrons. The Morgan fingerprint density at radius 1 is 1.35 bits per heavy atom. The lowest BCUT2D eigenvalue weighted by atomic mass is 10.0. The van der Waals surface area contributed by atoms with Gasteiger partial charge in [-0.2, -0.15) is 0 Å². The van der Waals surface area contributed by atoms with E-state index in [1.807, 2.05) is 6.07 Å². The Morgan fingerprint density at radius 2 is 2.10 bits per heavy atom. The largest absolute Gasteiger partial charge is 0.494 e. The minimum Gasteiger partial charge on any atom is -0.494 e. The van der Waals surface area contributed by atoms with Crippen molar-refractivity contribution in [2.24, 2.45) is 0 Å². The second kappa shape index (κ2) is 6.74. The Morgan fingerprint density at radius 3 is 2.75 bits per heavy atom. The minimum absolute atomic E-state index is 0.167. The van der Waals surface area contributed by atoms with E-state index in [9.17, 15) is 9.50 Å². The molecule has 1 unspecified atom stereocenters. The zero-order chi connectivity index (χ0) is 14.7. The lowest BCUT2D eigenvalue weighted by Crippen LogP contribution is -2.04. The van der Waals surface area contributed by atoms with Gasteiger partial charge in [0.2, 0.25) is 0 Å². The Kier molecular flexibility index (Phi) is 5.23. The average Bonchev–Trinajstić information content (AvgIpc) is 2.44. The molecule has 1 N–H and O–H groups in total. The summed E-state index contributed by atoms with van der Waals surface area (Å²) in [5, 5.41) is 10.8. The molecule has 2 rings (SSSR count). The molecule has 106 valence electrons. The molecule has 0 fully saturated rings. The van der Waals surface area contributed by atoms with Crippen molar-refractivity contribution in [1.82, 2.24) is 0 Å². The van der Waals surface area contributed by atoms with Crippen LogP contribution in [0.2, 0.25) is 5.02 Å². The number of aliphatic hydroxyl groups excluding tert-OH is 1. The van der Waals surface area contributed by atoms with E-state index < -0.39 is 11.9 Å². The normalized spacial score (nSPS) is 12.2. The van der Waals surface area contributed by atoms with Crippen LogP contribution in [0.25, 0.3) is 0 Å². The summed E-state index contributed by atoms with van der Waals surface area (Å²) < 4.78 is 19.9. The van der Waals surface area contributed by atoms with Crippen LogP contribution in [0.5, 0.6) is 5.75 Å². The summed E-state index contributed by atoms with van der Waals surface area (Å²) in [6.45, 7) is 0. The molecule has 0 aliphatic carbocycles. The van der Waals surface area contributed by atoms with E-state index >= 15 is 0 Å².